The molecule has 0 radical (unpaired) electrons. The van der Waals surface area contributed by atoms with Crippen molar-refractivity contribution < 1.29 is 14.6 Å². The summed E-state index contributed by atoms with van der Waals surface area (Å²) in [5.74, 6) is -0.803. The molecule has 1 N–H and O–H groups in total. The van der Waals surface area contributed by atoms with Crippen LogP contribution in [0.5, 0.6) is 0 Å². The minimum atomic E-state index is -0.803. The number of hydrogen-bond donors (Lipinski definition) is 1. The molecule has 1 aliphatic heterocycles. The molecular weight excluding hydrogens is 230 g/mol. The maximum Gasteiger partial charge on any atom is 0.306 e. The molecule has 0 spiro atoms. The third-order valence-corrected chi connectivity index (χ3v) is 3.23. The van der Waals surface area contributed by atoms with Crippen LogP contribution in [0.25, 0.3) is 0 Å². The second-order valence-corrected chi connectivity index (χ2v) is 4.83. The van der Waals surface area contributed by atoms with Gasteiger partial charge >= 0.3 is 5.97 Å². The van der Waals surface area contributed by atoms with Crippen molar-refractivity contribution in [2.75, 3.05) is 24.6 Å². The summed E-state index contributed by atoms with van der Waals surface area (Å²) in [7, 11) is 0. The Labute approximate surface area is 107 Å². The number of aliphatic carboxylic acids is 1. The number of morpholine rings is 1. The zero-order valence-electron chi connectivity index (χ0n) is 10.8. The lowest BCUT2D eigenvalue weighted by atomic mass is 10.1. The molecule has 1 aromatic carbocycles. The highest BCUT2D eigenvalue weighted by Crippen LogP contribution is 2.23. The van der Waals surface area contributed by atoms with Gasteiger partial charge in [-0.25, -0.2) is 0 Å². The molecule has 1 aromatic rings. The Bertz CT molecular complexity index is 445. The number of nitrogens with zero attached hydrogens (tertiary/aromatic N) is 1. The van der Waals surface area contributed by atoms with E-state index in [1.807, 2.05) is 0 Å². The molecule has 1 atom stereocenters. The van der Waals surface area contributed by atoms with Crippen LogP contribution in [0.1, 0.15) is 17.5 Å². The number of carboxylic acids is 1. The smallest absolute Gasteiger partial charge is 0.306 e. The predicted octanol–water partition coefficient (Wildman–Crippen LogP) is 1.98. The van der Waals surface area contributed by atoms with Crippen LogP contribution in [0.3, 0.4) is 0 Å². The van der Waals surface area contributed by atoms with Crippen molar-refractivity contribution in [3.05, 3.63) is 29.3 Å². The lowest BCUT2D eigenvalue weighted by Gasteiger charge is -2.35. The van der Waals surface area contributed by atoms with Gasteiger partial charge in [-0.05, 0) is 25.5 Å². The number of hydrogen-bond acceptors (Lipinski definition) is 3. The molecule has 0 aliphatic carbocycles. The Kier molecular flexibility index (Phi) is 3.87. The Morgan fingerprint density at radius 1 is 1.50 bits per heavy atom. The molecule has 18 heavy (non-hydrogen) atoms. The van der Waals surface area contributed by atoms with Crippen LogP contribution in [0.15, 0.2) is 18.2 Å². The first kappa shape index (κ1) is 12.9. The zero-order chi connectivity index (χ0) is 13.1. The van der Waals surface area contributed by atoms with Crippen LogP contribution in [0, 0.1) is 13.8 Å². The summed E-state index contributed by atoms with van der Waals surface area (Å²) in [5.41, 5.74) is 3.65. The number of benzene rings is 1. The van der Waals surface area contributed by atoms with Gasteiger partial charge in [0.15, 0.2) is 0 Å². The van der Waals surface area contributed by atoms with Gasteiger partial charge in [0.2, 0.25) is 0 Å². The van der Waals surface area contributed by atoms with Gasteiger partial charge in [0.1, 0.15) is 0 Å². The van der Waals surface area contributed by atoms with Gasteiger partial charge in [0, 0.05) is 18.8 Å². The van der Waals surface area contributed by atoms with E-state index in [9.17, 15) is 4.79 Å². The fraction of sp³-hybridized carbons (Fsp3) is 0.500. The highest BCUT2D eigenvalue weighted by molar-refractivity contribution is 5.67. The number of aryl methyl sites for hydroxylation is 2. The normalized spacial score (nSPS) is 19.9. The number of rotatable bonds is 3. The van der Waals surface area contributed by atoms with E-state index >= 15 is 0 Å². The molecule has 1 fully saturated rings. The molecule has 0 saturated carbocycles. The number of carbonyl (C=O) groups is 1. The van der Waals surface area contributed by atoms with E-state index in [1.165, 1.54) is 16.8 Å². The van der Waals surface area contributed by atoms with Gasteiger partial charge in [-0.1, -0.05) is 17.7 Å². The van der Waals surface area contributed by atoms with E-state index in [4.69, 9.17) is 9.84 Å². The SMILES string of the molecule is Cc1ccc(N2CCOC(CC(=O)O)C2)c(C)c1. The quantitative estimate of drug-likeness (QED) is 0.890. The van der Waals surface area contributed by atoms with Crippen molar-refractivity contribution in [2.45, 2.75) is 26.4 Å². The van der Waals surface area contributed by atoms with E-state index in [-0.39, 0.29) is 12.5 Å². The molecule has 0 aromatic heterocycles. The molecule has 1 aliphatic rings. The summed E-state index contributed by atoms with van der Waals surface area (Å²) in [6.07, 6.45) is -0.140. The van der Waals surface area contributed by atoms with Crippen molar-refractivity contribution in [3.8, 4) is 0 Å². The fourth-order valence-electron chi connectivity index (χ4n) is 2.42. The minimum Gasteiger partial charge on any atom is -0.481 e. The topological polar surface area (TPSA) is 49.8 Å². The molecule has 4 nitrogen and oxygen atoms in total. The Hall–Kier alpha value is -1.55. The van der Waals surface area contributed by atoms with Crippen molar-refractivity contribution in [3.63, 3.8) is 0 Å². The van der Waals surface area contributed by atoms with E-state index in [0.29, 0.717) is 13.2 Å². The molecule has 0 amide bonds. The fourth-order valence-corrected chi connectivity index (χ4v) is 2.42. The third-order valence-electron chi connectivity index (χ3n) is 3.23. The van der Waals surface area contributed by atoms with Crippen molar-refractivity contribution >= 4 is 11.7 Å². The van der Waals surface area contributed by atoms with E-state index < -0.39 is 5.97 Å². The highest BCUT2D eigenvalue weighted by atomic mass is 16.5. The summed E-state index contributed by atoms with van der Waals surface area (Å²) in [5, 5.41) is 8.82. The van der Waals surface area contributed by atoms with Crippen LogP contribution in [-0.4, -0.2) is 36.9 Å². The molecule has 2 rings (SSSR count). The molecule has 1 unspecified atom stereocenters. The van der Waals surface area contributed by atoms with E-state index in [2.05, 4.69) is 36.9 Å². The molecule has 98 valence electrons. The Morgan fingerprint density at radius 2 is 2.28 bits per heavy atom. The van der Waals surface area contributed by atoms with Crippen LogP contribution in [0.4, 0.5) is 5.69 Å². The van der Waals surface area contributed by atoms with Gasteiger partial charge in [-0.3, -0.25) is 4.79 Å². The first-order chi connectivity index (χ1) is 8.56. The first-order valence-electron chi connectivity index (χ1n) is 6.22. The summed E-state index contributed by atoms with van der Waals surface area (Å²) in [4.78, 5) is 12.9. The van der Waals surface area contributed by atoms with Gasteiger partial charge in [-0.2, -0.15) is 0 Å². The maximum absolute atomic E-state index is 10.7. The number of carboxylic acid groups (broad SMARTS) is 1. The van der Waals surface area contributed by atoms with Crippen LogP contribution >= 0.6 is 0 Å². The molecule has 4 heteroatoms. The summed E-state index contributed by atoms with van der Waals surface area (Å²) < 4.78 is 5.48. The van der Waals surface area contributed by atoms with Gasteiger partial charge in [0.05, 0.1) is 19.1 Å². The third kappa shape index (κ3) is 3.01. The van der Waals surface area contributed by atoms with E-state index in [0.717, 1.165) is 6.54 Å². The summed E-state index contributed by atoms with van der Waals surface area (Å²) >= 11 is 0. The van der Waals surface area contributed by atoms with Crippen molar-refractivity contribution in [1.29, 1.82) is 0 Å². The Morgan fingerprint density at radius 3 is 2.94 bits per heavy atom. The molecule has 1 heterocycles. The van der Waals surface area contributed by atoms with Crippen LogP contribution in [0.2, 0.25) is 0 Å². The van der Waals surface area contributed by atoms with Gasteiger partial charge in [0.25, 0.3) is 0 Å². The maximum atomic E-state index is 10.7. The molecule has 0 bridgehead atoms. The van der Waals surface area contributed by atoms with Crippen molar-refractivity contribution in [1.82, 2.24) is 0 Å². The number of anilines is 1. The Balaban J connectivity index is 2.10. The molecule has 1 saturated heterocycles. The molecular formula is C14H19NO3. The largest absolute Gasteiger partial charge is 0.481 e. The second kappa shape index (κ2) is 5.40. The minimum absolute atomic E-state index is 0.0708. The van der Waals surface area contributed by atoms with Crippen LogP contribution in [-0.2, 0) is 9.53 Å². The highest BCUT2D eigenvalue weighted by Gasteiger charge is 2.23. The second-order valence-electron chi connectivity index (χ2n) is 4.83. The lowest BCUT2D eigenvalue weighted by molar-refractivity contribution is -0.140. The average molecular weight is 249 g/mol. The first-order valence-corrected chi connectivity index (χ1v) is 6.22. The van der Waals surface area contributed by atoms with Crippen molar-refractivity contribution in [2.24, 2.45) is 0 Å². The standard InChI is InChI=1S/C14H19NO3/c1-10-3-4-13(11(2)7-10)15-5-6-18-12(9-15)8-14(16)17/h3-4,7,12H,5-6,8-9H2,1-2H3,(H,16,17). The monoisotopic (exact) mass is 249 g/mol. The van der Waals surface area contributed by atoms with Gasteiger partial charge < -0.3 is 14.7 Å². The average Bonchev–Trinajstić information content (AvgIpc) is 2.28. The lowest BCUT2D eigenvalue weighted by Crippen LogP contribution is -2.43. The zero-order valence-corrected chi connectivity index (χ0v) is 10.8. The van der Waals surface area contributed by atoms with Crippen LogP contribution < -0.4 is 4.90 Å². The number of ether oxygens (including phenoxy) is 1. The van der Waals surface area contributed by atoms with E-state index in [1.54, 1.807) is 0 Å². The van der Waals surface area contributed by atoms with Gasteiger partial charge in [-0.15, -0.1) is 0 Å². The summed E-state index contributed by atoms with van der Waals surface area (Å²) in [6.45, 7) is 6.22. The predicted molar refractivity (Wildman–Crippen MR) is 70.1 cm³/mol. The summed E-state index contributed by atoms with van der Waals surface area (Å²) in [6, 6.07) is 6.34.